The van der Waals surface area contributed by atoms with Crippen LogP contribution in [0.15, 0.2) is 30.9 Å². The summed E-state index contributed by atoms with van der Waals surface area (Å²) in [5.74, 6) is 1.69. The van der Waals surface area contributed by atoms with Gasteiger partial charge in [-0.2, -0.15) is 9.97 Å². The van der Waals surface area contributed by atoms with Crippen LogP contribution in [0.1, 0.15) is 60.1 Å². The summed E-state index contributed by atoms with van der Waals surface area (Å²) < 4.78 is 6.33. The lowest BCUT2D eigenvalue weighted by atomic mass is 9.73. The van der Waals surface area contributed by atoms with Crippen LogP contribution in [-0.4, -0.2) is 84.1 Å². The van der Waals surface area contributed by atoms with Gasteiger partial charge in [-0.1, -0.05) is 31.7 Å². The molecular formula is C33H42N6O2. The van der Waals surface area contributed by atoms with Crippen LogP contribution in [0.25, 0.3) is 4.85 Å². The number of benzene rings is 1. The van der Waals surface area contributed by atoms with Crippen molar-refractivity contribution in [1.29, 1.82) is 0 Å². The van der Waals surface area contributed by atoms with E-state index in [0.717, 1.165) is 37.3 Å². The number of nitrogens with zero attached hydrogens (tertiary/aromatic N) is 6. The fraction of sp³-hybridized carbons (Fsp3) is 0.576. The van der Waals surface area contributed by atoms with E-state index in [1.165, 1.54) is 48.4 Å². The van der Waals surface area contributed by atoms with Crippen LogP contribution >= 0.6 is 0 Å². The second-order valence-electron chi connectivity index (χ2n) is 12.3. The van der Waals surface area contributed by atoms with E-state index in [1.807, 2.05) is 0 Å². The molecule has 41 heavy (non-hydrogen) atoms. The summed E-state index contributed by atoms with van der Waals surface area (Å²) in [7, 11) is 2.16. The first-order valence-electron chi connectivity index (χ1n) is 15.3. The van der Waals surface area contributed by atoms with E-state index in [9.17, 15) is 4.79 Å². The van der Waals surface area contributed by atoms with Crippen molar-refractivity contribution >= 4 is 11.7 Å². The molecule has 6 rings (SSSR count). The van der Waals surface area contributed by atoms with E-state index in [2.05, 4.69) is 53.4 Å². The van der Waals surface area contributed by atoms with Crippen LogP contribution < -0.4 is 9.64 Å². The number of piperazine rings is 1. The monoisotopic (exact) mass is 554 g/mol. The maximum atomic E-state index is 12.6. The fourth-order valence-corrected chi connectivity index (χ4v) is 7.56. The number of likely N-dealkylation sites (tertiary alicyclic amines) is 1. The molecule has 1 aromatic carbocycles. The SMILES string of the molecule is [C-]#[N+]C[C@@H]1CN(c2nc(OC[C@@H]3CCCN3C)nc3c2C[C@@H](C)[C@H](c2cccc4c2CCC4)C3)CCN1C(=O)C=C. The van der Waals surface area contributed by atoms with Gasteiger partial charge in [0.2, 0.25) is 12.5 Å². The summed E-state index contributed by atoms with van der Waals surface area (Å²) in [6.45, 7) is 17.3. The van der Waals surface area contributed by atoms with Gasteiger partial charge < -0.3 is 24.3 Å². The summed E-state index contributed by atoms with van der Waals surface area (Å²) in [6.07, 6.45) is 9.07. The molecule has 1 amide bonds. The highest BCUT2D eigenvalue weighted by Crippen LogP contribution is 2.43. The predicted octanol–water partition coefficient (Wildman–Crippen LogP) is 4.08. The Morgan fingerprint density at radius 3 is 2.80 bits per heavy atom. The summed E-state index contributed by atoms with van der Waals surface area (Å²) >= 11 is 0. The average Bonchev–Trinajstić information content (AvgIpc) is 3.64. The first kappa shape index (κ1) is 27.7. The Kier molecular flexibility index (Phi) is 7.99. The fourth-order valence-electron chi connectivity index (χ4n) is 7.56. The Morgan fingerprint density at radius 2 is 2.02 bits per heavy atom. The number of rotatable bonds is 7. The molecule has 4 atom stereocenters. The number of fused-ring (bicyclic) bond motifs is 2. The molecule has 2 aromatic rings. The van der Waals surface area contributed by atoms with Crippen molar-refractivity contribution in [3.8, 4) is 6.01 Å². The van der Waals surface area contributed by atoms with Gasteiger partial charge >= 0.3 is 6.01 Å². The molecule has 8 nitrogen and oxygen atoms in total. The average molecular weight is 555 g/mol. The lowest BCUT2D eigenvalue weighted by Gasteiger charge is -2.41. The Balaban J connectivity index is 1.33. The van der Waals surface area contributed by atoms with E-state index in [4.69, 9.17) is 21.3 Å². The molecule has 3 heterocycles. The number of amides is 1. The maximum Gasteiger partial charge on any atom is 0.318 e. The van der Waals surface area contributed by atoms with Crippen molar-refractivity contribution in [2.45, 2.75) is 69.9 Å². The molecule has 8 heteroatoms. The minimum Gasteiger partial charge on any atom is -0.462 e. The van der Waals surface area contributed by atoms with Crippen molar-refractivity contribution in [3.63, 3.8) is 0 Å². The van der Waals surface area contributed by atoms with Gasteiger partial charge in [-0.3, -0.25) is 4.79 Å². The van der Waals surface area contributed by atoms with Crippen LogP contribution in [0.4, 0.5) is 5.82 Å². The van der Waals surface area contributed by atoms with Crippen LogP contribution in [0, 0.1) is 12.5 Å². The minimum absolute atomic E-state index is 0.112. The van der Waals surface area contributed by atoms with E-state index in [1.54, 1.807) is 10.5 Å². The van der Waals surface area contributed by atoms with Gasteiger partial charge in [0, 0.05) is 31.2 Å². The second-order valence-corrected chi connectivity index (χ2v) is 12.3. The molecule has 2 saturated heterocycles. The van der Waals surface area contributed by atoms with Crippen LogP contribution in [-0.2, 0) is 30.5 Å². The van der Waals surface area contributed by atoms with E-state index in [0.29, 0.717) is 50.1 Å². The van der Waals surface area contributed by atoms with Gasteiger partial charge in [-0.25, -0.2) is 6.57 Å². The molecule has 0 N–H and O–H groups in total. The molecule has 4 aliphatic rings. The molecule has 0 radical (unpaired) electrons. The maximum absolute atomic E-state index is 12.6. The quantitative estimate of drug-likeness (QED) is 0.380. The first-order chi connectivity index (χ1) is 20.0. The standard InChI is InChI=1S/C33H42N6O2/c1-5-31(40)39-16-15-38(20-25(39)19-34-3)32-29-17-22(2)28(27-13-7-10-23-9-6-12-26(23)27)18-30(29)35-33(36-32)41-21-24-11-8-14-37(24)4/h5,7,10,13,22,24-25,28H,1,6,8-9,11-12,14-21H2,2,4H3/t22-,24+,25-,28-/m1/s1. The van der Waals surface area contributed by atoms with Gasteiger partial charge in [0.25, 0.3) is 0 Å². The number of likely N-dealkylation sites (N-methyl/N-ethyl adjacent to an activating group) is 1. The van der Waals surface area contributed by atoms with Gasteiger partial charge in [-0.05, 0) is 93.1 Å². The predicted molar refractivity (Wildman–Crippen MR) is 160 cm³/mol. The molecule has 0 unspecified atom stereocenters. The smallest absolute Gasteiger partial charge is 0.318 e. The van der Waals surface area contributed by atoms with Gasteiger partial charge in [0.05, 0.1) is 5.69 Å². The van der Waals surface area contributed by atoms with Gasteiger partial charge in [0.1, 0.15) is 18.5 Å². The number of aromatic nitrogens is 2. The summed E-state index contributed by atoms with van der Waals surface area (Å²) in [5.41, 5.74) is 6.88. The molecule has 2 fully saturated rings. The number of hydrogen-bond acceptors (Lipinski definition) is 6. The Hall–Kier alpha value is -3.44. The minimum atomic E-state index is -0.199. The topological polar surface area (TPSA) is 66.2 Å². The molecule has 0 bridgehead atoms. The molecule has 0 spiro atoms. The number of hydrogen-bond donors (Lipinski definition) is 0. The number of aryl methyl sites for hydroxylation is 1. The van der Waals surface area contributed by atoms with Crippen molar-refractivity contribution in [1.82, 2.24) is 19.8 Å². The zero-order valence-corrected chi connectivity index (χ0v) is 24.5. The van der Waals surface area contributed by atoms with E-state index < -0.39 is 0 Å². The van der Waals surface area contributed by atoms with Crippen molar-refractivity contribution in [3.05, 3.63) is 70.2 Å². The summed E-state index contributed by atoms with van der Waals surface area (Å²) in [6, 6.07) is 7.52. The highest BCUT2D eigenvalue weighted by molar-refractivity contribution is 5.87. The van der Waals surface area contributed by atoms with Crippen molar-refractivity contribution in [2.75, 3.05) is 51.3 Å². The lowest BCUT2D eigenvalue weighted by Crippen LogP contribution is -2.56. The third-order valence-corrected chi connectivity index (χ3v) is 9.88. The lowest BCUT2D eigenvalue weighted by molar-refractivity contribution is -0.128. The zero-order valence-electron chi connectivity index (χ0n) is 24.5. The zero-order chi connectivity index (χ0) is 28.5. The number of ether oxygens (including phenoxy) is 1. The number of carbonyl (C=O) groups is 1. The molecule has 2 aliphatic heterocycles. The largest absolute Gasteiger partial charge is 0.462 e. The highest BCUT2D eigenvalue weighted by Gasteiger charge is 2.37. The first-order valence-corrected chi connectivity index (χ1v) is 15.3. The van der Waals surface area contributed by atoms with Crippen molar-refractivity contribution in [2.24, 2.45) is 5.92 Å². The Morgan fingerprint density at radius 1 is 1.15 bits per heavy atom. The van der Waals surface area contributed by atoms with Crippen LogP contribution in [0.2, 0.25) is 0 Å². The van der Waals surface area contributed by atoms with Gasteiger partial charge in [0.15, 0.2) is 0 Å². The Labute approximate surface area is 244 Å². The summed E-state index contributed by atoms with van der Waals surface area (Å²) in [5, 5.41) is 0. The van der Waals surface area contributed by atoms with Gasteiger partial charge in [-0.15, -0.1) is 0 Å². The molecular weight excluding hydrogens is 512 g/mol. The van der Waals surface area contributed by atoms with Crippen LogP contribution in [0.3, 0.4) is 0 Å². The summed E-state index contributed by atoms with van der Waals surface area (Å²) in [4.78, 5) is 32.7. The normalized spacial score (nSPS) is 25.9. The Bertz CT molecular complexity index is 1350. The molecule has 0 saturated carbocycles. The number of carbonyl (C=O) groups excluding carboxylic acids is 1. The van der Waals surface area contributed by atoms with E-state index in [-0.39, 0.29) is 18.5 Å². The molecule has 1 aromatic heterocycles. The molecule has 216 valence electrons. The van der Waals surface area contributed by atoms with Crippen molar-refractivity contribution < 1.29 is 9.53 Å². The highest BCUT2D eigenvalue weighted by atomic mass is 16.5. The van der Waals surface area contributed by atoms with E-state index >= 15 is 0 Å². The third kappa shape index (κ3) is 5.44. The molecule has 2 aliphatic carbocycles. The number of anilines is 1. The van der Waals surface area contributed by atoms with Crippen LogP contribution in [0.5, 0.6) is 6.01 Å². The second kappa shape index (κ2) is 11.8. The third-order valence-electron chi connectivity index (χ3n) is 9.88.